The molecule has 4 rings (SSSR count). The van der Waals surface area contributed by atoms with Gasteiger partial charge in [0.2, 0.25) is 0 Å². The van der Waals surface area contributed by atoms with Crippen LogP contribution in [0, 0.1) is 0 Å². The first-order valence-electron chi connectivity index (χ1n) is 8.41. The summed E-state index contributed by atoms with van der Waals surface area (Å²) in [5.41, 5.74) is 5.44. The molecule has 4 aromatic rings. The van der Waals surface area contributed by atoms with Crippen LogP contribution in [-0.2, 0) is 0 Å². The normalized spacial score (nSPS) is 10.6. The van der Waals surface area contributed by atoms with Crippen molar-refractivity contribution < 1.29 is 9.90 Å². The highest BCUT2D eigenvalue weighted by Gasteiger charge is 2.24. The molecule has 3 nitrogen and oxygen atoms in total. The van der Waals surface area contributed by atoms with Gasteiger partial charge < -0.3 is 10.1 Å². The molecule has 1 aromatic heterocycles. The van der Waals surface area contributed by atoms with E-state index in [-0.39, 0.29) is 5.69 Å². The van der Waals surface area contributed by atoms with Gasteiger partial charge in [0.15, 0.2) is 0 Å². The van der Waals surface area contributed by atoms with Crippen LogP contribution < -0.4 is 0 Å². The molecule has 0 saturated carbocycles. The molecule has 0 unspecified atom stereocenters. The Morgan fingerprint density at radius 3 is 1.50 bits per heavy atom. The molecule has 26 heavy (non-hydrogen) atoms. The van der Waals surface area contributed by atoms with Crippen molar-refractivity contribution in [2.45, 2.75) is 0 Å². The van der Waals surface area contributed by atoms with Crippen LogP contribution in [0.25, 0.3) is 33.5 Å². The van der Waals surface area contributed by atoms with Crippen LogP contribution in [0.1, 0.15) is 10.5 Å². The van der Waals surface area contributed by atoms with E-state index in [9.17, 15) is 9.90 Å². The lowest BCUT2D eigenvalue weighted by Gasteiger charge is -2.09. The second-order valence-electron chi connectivity index (χ2n) is 6.03. The third-order valence-electron chi connectivity index (χ3n) is 4.40. The van der Waals surface area contributed by atoms with E-state index < -0.39 is 5.97 Å². The standard InChI is InChI=1S/C23H17NO2/c25-23(26)22-20(17-12-6-2-7-13-17)19(16-10-4-1-5-11-16)21(24-22)18-14-8-3-9-15-18/h1-15,24H,(H,25,26). The van der Waals surface area contributed by atoms with E-state index in [0.717, 1.165) is 27.9 Å². The Hall–Kier alpha value is -3.59. The lowest BCUT2D eigenvalue weighted by atomic mass is 9.93. The number of aromatic carboxylic acids is 1. The maximum Gasteiger partial charge on any atom is 0.352 e. The molecule has 0 saturated heterocycles. The van der Waals surface area contributed by atoms with Crippen molar-refractivity contribution >= 4 is 5.97 Å². The second-order valence-corrected chi connectivity index (χ2v) is 6.03. The number of hydrogen-bond donors (Lipinski definition) is 2. The highest BCUT2D eigenvalue weighted by atomic mass is 16.4. The van der Waals surface area contributed by atoms with Crippen LogP contribution >= 0.6 is 0 Å². The van der Waals surface area contributed by atoms with Gasteiger partial charge in [-0.15, -0.1) is 0 Å². The molecule has 0 amide bonds. The number of carboxylic acid groups (broad SMARTS) is 1. The van der Waals surface area contributed by atoms with Crippen molar-refractivity contribution in [1.82, 2.24) is 4.98 Å². The largest absolute Gasteiger partial charge is 0.477 e. The monoisotopic (exact) mass is 339 g/mol. The summed E-state index contributed by atoms with van der Waals surface area (Å²) in [6.07, 6.45) is 0. The Labute approximate surface area is 151 Å². The van der Waals surface area contributed by atoms with E-state index in [4.69, 9.17) is 0 Å². The zero-order valence-electron chi connectivity index (χ0n) is 14.0. The predicted molar refractivity (Wildman–Crippen MR) is 104 cm³/mol. The molecule has 3 heteroatoms. The van der Waals surface area contributed by atoms with Crippen molar-refractivity contribution in [2.24, 2.45) is 0 Å². The molecule has 0 spiro atoms. The quantitative estimate of drug-likeness (QED) is 0.500. The maximum absolute atomic E-state index is 12.0. The van der Waals surface area contributed by atoms with E-state index in [1.165, 1.54) is 0 Å². The zero-order valence-corrected chi connectivity index (χ0v) is 14.0. The molecular weight excluding hydrogens is 322 g/mol. The van der Waals surface area contributed by atoms with Gasteiger partial charge in [0.05, 0.1) is 5.69 Å². The number of carboxylic acids is 1. The number of hydrogen-bond acceptors (Lipinski definition) is 1. The van der Waals surface area contributed by atoms with Crippen molar-refractivity contribution in [1.29, 1.82) is 0 Å². The minimum absolute atomic E-state index is 0.203. The molecule has 1 heterocycles. The summed E-state index contributed by atoms with van der Waals surface area (Å²) >= 11 is 0. The first kappa shape index (κ1) is 15.9. The van der Waals surface area contributed by atoms with Crippen LogP contribution in [-0.4, -0.2) is 16.1 Å². The number of aromatic amines is 1. The fourth-order valence-corrected chi connectivity index (χ4v) is 3.27. The fourth-order valence-electron chi connectivity index (χ4n) is 3.27. The molecule has 0 bridgehead atoms. The van der Waals surface area contributed by atoms with Crippen LogP contribution in [0.4, 0.5) is 0 Å². The lowest BCUT2D eigenvalue weighted by molar-refractivity contribution is 0.0692. The Morgan fingerprint density at radius 2 is 1.04 bits per heavy atom. The molecule has 0 aliphatic heterocycles. The average Bonchev–Trinajstić information content (AvgIpc) is 3.11. The van der Waals surface area contributed by atoms with Gasteiger partial charge in [-0.1, -0.05) is 91.0 Å². The number of benzene rings is 3. The van der Waals surface area contributed by atoms with Gasteiger partial charge in [-0.3, -0.25) is 0 Å². The van der Waals surface area contributed by atoms with Crippen molar-refractivity contribution in [2.75, 3.05) is 0 Å². The Bertz CT molecular complexity index is 1040. The second kappa shape index (κ2) is 6.73. The van der Waals surface area contributed by atoms with Crippen molar-refractivity contribution in [3.05, 3.63) is 96.7 Å². The Kier molecular flexibility index (Phi) is 4.12. The van der Waals surface area contributed by atoms with Crippen LogP contribution in [0.5, 0.6) is 0 Å². The smallest absolute Gasteiger partial charge is 0.352 e. The molecule has 2 N–H and O–H groups in total. The van der Waals surface area contributed by atoms with Gasteiger partial charge in [-0.2, -0.15) is 0 Å². The van der Waals surface area contributed by atoms with E-state index in [2.05, 4.69) is 4.98 Å². The van der Waals surface area contributed by atoms with Gasteiger partial charge in [0, 0.05) is 11.1 Å². The molecule has 0 aliphatic rings. The molecule has 126 valence electrons. The third-order valence-corrected chi connectivity index (χ3v) is 4.40. The Balaban J connectivity index is 2.09. The highest BCUT2D eigenvalue weighted by Crippen LogP contribution is 2.42. The van der Waals surface area contributed by atoms with E-state index in [1.54, 1.807) is 0 Å². The minimum Gasteiger partial charge on any atom is -0.477 e. The number of H-pyrrole nitrogens is 1. The summed E-state index contributed by atoms with van der Waals surface area (Å²) < 4.78 is 0. The summed E-state index contributed by atoms with van der Waals surface area (Å²) in [6.45, 7) is 0. The minimum atomic E-state index is -0.969. The van der Waals surface area contributed by atoms with Crippen molar-refractivity contribution in [3.63, 3.8) is 0 Å². The van der Waals surface area contributed by atoms with E-state index >= 15 is 0 Å². The summed E-state index contributed by atoms with van der Waals surface area (Å²) in [4.78, 5) is 15.2. The van der Waals surface area contributed by atoms with Gasteiger partial charge >= 0.3 is 5.97 Å². The van der Waals surface area contributed by atoms with Gasteiger partial charge in [-0.25, -0.2) is 4.79 Å². The number of aromatic nitrogens is 1. The van der Waals surface area contributed by atoms with E-state index in [0.29, 0.717) is 5.56 Å². The lowest BCUT2D eigenvalue weighted by Crippen LogP contribution is -1.99. The van der Waals surface area contributed by atoms with Crippen molar-refractivity contribution in [3.8, 4) is 33.5 Å². The van der Waals surface area contributed by atoms with E-state index in [1.807, 2.05) is 91.0 Å². The van der Waals surface area contributed by atoms with Gasteiger partial charge in [0.25, 0.3) is 0 Å². The Morgan fingerprint density at radius 1 is 0.615 bits per heavy atom. The number of nitrogens with one attached hydrogen (secondary N) is 1. The van der Waals surface area contributed by atoms with Crippen LogP contribution in [0.15, 0.2) is 91.0 Å². The molecule has 0 radical (unpaired) electrons. The summed E-state index contributed by atoms with van der Waals surface area (Å²) in [7, 11) is 0. The first-order chi connectivity index (χ1) is 12.8. The topological polar surface area (TPSA) is 53.1 Å². The first-order valence-corrected chi connectivity index (χ1v) is 8.41. The maximum atomic E-state index is 12.0. The summed E-state index contributed by atoms with van der Waals surface area (Å²) in [6, 6.07) is 29.4. The van der Waals surface area contributed by atoms with Gasteiger partial charge in [0.1, 0.15) is 5.69 Å². The molecular formula is C23H17NO2. The average molecular weight is 339 g/mol. The van der Waals surface area contributed by atoms with Gasteiger partial charge in [-0.05, 0) is 16.7 Å². The number of rotatable bonds is 4. The van der Waals surface area contributed by atoms with Crippen LogP contribution in [0.3, 0.4) is 0 Å². The summed E-state index contributed by atoms with van der Waals surface area (Å²) in [5, 5.41) is 9.83. The summed E-state index contributed by atoms with van der Waals surface area (Å²) in [5.74, 6) is -0.969. The number of carbonyl (C=O) groups is 1. The van der Waals surface area contributed by atoms with Crippen LogP contribution in [0.2, 0.25) is 0 Å². The fraction of sp³-hybridized carbons (Fsp3) is 0. The third kappa shape index (κ3) is 2.80. The highest BCUT2D eigenvalue weighted by molar-refractivity contribution is 6.05. The predicted octanol–water partition coefficient (Wildman–Crippen LogP) is 5.71. The molecule has 0 atom stereocenters. The molecule has 0 aliphatic carbocycles. The SMILES string of the molecule is O=C(O)c1[nH]c(-c2ccccc2)c(-c2ccccc2)c1-c1ccccc1. The zero-order chi connectivity index (χ0) is 17.9. The molecule has 0 fully saturated rings. The molecule has 3 aromatic carbocycles.